The van der Waals surface area contributed by atoms with E-state index in [4.69, 9.17) is 9.47 Å². The molecular weight excluding hydrogens is 358 g/mol. The van der Waals surface area contributed by atoms with Crippen LogP contribution in [-0.2, 0) is 4.79 Å². The summed E-state index contributed by atoms with van der Waals surface area (Å²) in [6.45, 7) is 4.34. The topological polar surface area (TPSA) is 47.6 Å². The van der Waals surface area contributed by atoms with E-state index in [0.717, 1.165) is 10.0 Å². The Labute approximate surface area is 144 Å². The van der Waals surface area contributed by atoms with Gasteiger partial charge in [0.2, 0.25) is 0 Å². The van der Waals surface area contributed by atoms with Gasteiger partial charge in [-0.15, -0.1) is 0 Å². The molecular formula is C18H20BrNO3. The van der Waals surface area contributed by atoms with Gasteiger partial charge in [0, 0.05) is 4.47 Å². The molecule has 2 aromatic carbocycles. The van der Waals surface area contributed by atoms with Crippen LogP contribution in [0.3, 0.4) is 0 Å². The van der Waals surface area contributed by atoms with Gasteiger partial charge in [0.05, 0.1) is 12.6 Å². The zero-order chi connectivity index (χ0) is 16.7. The van der Waals surface area contributed by atoms with Gasteiger partial charge in [0.15, 0.2) is 18.1 Å². The highest BCUT2D eigenvalue weighted by molar-refractivity contribution is 9.10. The normalized spacial score (nSPS) is 11.6. The SMILES string of the molecule is CCOc1ccccc1OCC(=O)N[C@@H](C)c1ccc(Br)cc1. The summed E-state index contributed by atoms with van der Waals surface area (Å²) in [6.07, 6.45) is 0. The van der Waals surface area contributed by atoms with Crippen molar-refractivity contribution in [3.63, 3.8) is 0 Å². The molecule has 0 unspecified atom stereocenters. The van der Waals surface area contributed by atoms with Crippen LogP contribution in [0.4, 0.5) is 0 Å². The van der Waals surface area contributed by atoms with Gasteiger partial charge in [-0.3, -0.25) is 4.79 Å². The summed E-state index contributed by atoms with van der Waals surface area (Å²) in [7, 11) is 0. The Bertz CT molecular complexity index is 643. The van der Waals surface area contributed by atoms with Crippen molar-refractivity contribution in [3.05, 3.63) is 58.6 Å². The fourth-order valence-electron chi connectivity index (χ4n) is 2.11. The maximum Gasteiger partial charge on any atom is 0.258 e. The molecule has 0 bridgehead atoms. The minimum Gasteiger partial charge on any atom is -0.490 e. The molecule has 0 aliphatic heterocycles. The van der Waals surface area contributed by atoms with Crippen LogP contribution >= 0.6 is 15.9 Å². The summed E-state index contributed by atoms with van der Waals surface area (Å²) in [5.41, 5.74) is 1.04. The van der Waals surface area contributed by atoms with Crippen molar-refractivity contribution in [3.8, 4) is 11.5 Å². The van der Waals surface area contributed by atoms with Gasteiger partial charge in [-0.05, 0) is 43.7 Å². The first kappa shape index (κ1) is 17.3. The standard InChI is InChI=1S/C18H20BrNO3/c1-3-22-16-6-4-5-7-17(16)23-12-18(21)20-13(2)14-8-10-15(19)11-9-14/h4-11,13H,3,12H2,1-2H3,(H,20,21)/t13-/m0/s1. The molecule has 2 aromatic rings. The van der Waals surface area contributed by atoms with E-state index in [9.17, 15) is 4.79 Å². The van der Waals surface area contributed by atoms with Crippen LogP contribution in [0.1, 0.15) is 25.5 Å². The van der Waals surface area contributed by atoms with Gasteiger partial charge in [-0.1, -0.05) is 40.2 Å². The molecule has 0 saturated carbocycles. The number of hydrogen-bond donors (Lipinski definition) is 1. The van der Waals surface area contributed by atoms with Crippen molar-refractivity contribution >= 4 is 21.8 Å². The molecule has 2 rings (SSSR count). The summed E-state index contributed by atoms with van der Waals surface area (Å²) in [6, 6.07) is 15.1. The Morgan fingerprint density at radius 3 is 2.30 bits per heavy atom. The number of carbonyl (C=O) groups is 1. The lowest BCUT2D eigenvalue weighted by Crippen LogP contribution is -2.31. The van der Waals surface area contributed by atoms with E-state index in [2.05, 4.69) is 21.2 Å². The first-order valence-corrected chi connectivity index (χ1v) is 8.29. The average molecular weight is 378 g/mol. The minimum absolute atomic E-state index is 0.0506. The Hall–Kier alpha value is -2.01. The summed E-state index contributed by atoms with van der Waals surface area (Å²) >= 11 is 3.40. The van der Waals surface area contributed by atoms with Crippen molar-refractivity contribution in [1.29, 1.82) is 0 Å². The molecule has 0 fully saturated rings. The highest BCUT2D eigenvalue weighted by atomic mass is 79.9. The predicted molar refractivity (Wildman–Crippen MR) is 93.8 cm³/mol. The molecule has 1 N–H and O–H groups in total. The van der Waals surface area contributed by atoms with Crippen LogP contribution in [0, 0.1) is 0 Å². The highest BCUT2D eigenvalue weighted by Gasteiger charge is 2.11. The number of nitrogens with one attached hydrogen (secondary N) is 1. The number of para-hydroxylation sites is 2. The quantitative estimate of drug-likeness (QED) is 0.789. The molecule has 4 nitrogen and oxygen atoms in total. The summed E-state index contributed by atoms with van der Waals surface area (Å²) in [5.74, 6) is 1.04. The number of ether oxygens (including phenoxy) is 2. The smallest absolute Gasteiger partial charge is 0.258 e. The van der Waals surface area contributed by atoms with Crippen molar-refractivity contribution in [1.82, 2.24) is 5.32 Å². The third-order valence-electron chi connectivity index (χ3n) is 3.26. The molecule has 0 aliphatic rings. The Balaban J connectivity index is 1.89. The largest absolute Gasteiger partial charge is 0.490 e. The summed E-state index contributed by atoms with van der Waals surface area (Å²) < 4.78 is 12.0. The molecule has 5 heteroatoms. The van der Waals surface area contributed by atoms with Crippen LogP contribution in [-0.4, -0.2) is 19.1 Å². The number of benzene rings is 2. The molecule has 122 valence electrons. The second-order valence-corrected chi connectivity index (χ2v) is 5.92. The van der Waals surface area contributed by atoms with Crippen molar-refractivity contribution in [2.75, 3.05) is 13.2 Å². The molecule has 0 radical (unpaired) electrons. The van der Waals surface area contributed by atoms with Crippen LogP contribution < -0.4 is 14.8 Å². The lowest BCUT2D eigenvalue weighted by Gasteiger charge is -2.16. The van der Waals surface area contributed by atoms with Crippen LogP contribution in [0.15, 0.2) is 53.0 Å². The fourth-order valence-corrected chi connectivity index (χ4v) is 2.37. The monoisotopic (exact) mass is 377 g/mol. The van der Waals surface area contributed by atoms with E-state index < -0.39 is 0 Å². The fraction of sp³-hybridized carbons (Fsp3) is 0.278. The number of hydrogen-bond acceptors (Lipinski definition) is 3. The van der Waals surface area contributed by atoms with Gasteiger partial charge in [-0.2, -0.15) is 0 Å². The van der Waals surface area contributed by atoms with Gasteiger partial charge in [0.25, 0.3) is 5.91 Å². The zero-order valence-electron chi connectivity index (χ0n) is 13.2. The molecule has 0 spiro atoms. The second kappa shape index (κ2) is 8.58. The number of halogens is 1. The van der Waals surface area contributed by atoms with Gasteiger partial charge in [0.1, 0.15) is 0 Å². The lowest BCUT2D eigenvalue weighted by atomic mass is 10.1. The molecule has 0 aromatic heterocycles. The van der Waals surface area contributed by atoms with E-state index in [-0.39, 0.29) is 18.6 Å². The van der Waals surface area contributed by atoms with E-state index in [1.165, 1.54) is 0 Å². The first-order valence-electron chi connectivity index (χ1n) is 7.49. The molecule has 23 heavy (non-hydrogen) atoms. The molecule has 1 amide bonds. The summed E-state index contributed by atoms with van der Waals surface area (Å²) in [4.78, 5) is 12.1. The predicted octanol–water partition coefficient (Wildman–Crippen LogP) is 4.10. The third-order valence-corrected chi connectivity index (χ3v) is 3.78. The molecule has 0 saturated heterocycles. The Morgan fingerprint density at radius 1 is 1.09 bits per heavy atom. The second-order valence-electron chi connectivity index (χ2n) is 5.01. The van der Waals surface area contributed by atoms with Crippen LogP contribution in [0.5, 0.6) is 11.5 Å². The van der Waals surface area contributed by atoms with Crippen LogP contribution in [0.2, 0.25) is 0 Å². The maximum atomic E-state index is 12.1. The molecule has 0 heterocycles. The summed E-state index contributed by atoms with van der Waals surface area (Å²) in [5, 5.41) is 2.92. The van der Waals surface area contributed by atoms with E-state index >= 15 is 0 Å². The van der Waals surface area contributed by atoms with Crippen LogP contribution in [0.25, 0.3) is 0 Å². The highest BCUT2D eigenvalue weighted by Crippen LogP contribution is 2.26. The maximum absolute atomic E-state index is 12.1. The van der Waals surface area contributed by atoms with E-state index in [1.807, 2.05) is 56.3 Å². The van der Waals surface area contributed by atoms with Crippen molar-refractivity contribution < 1.29 is 14.3 Å². The number of rotatable bonds is 7. The van der Waals surface area contributed by atoms with E-state index in [0.29, 0.717) is 18.1 Å². The average Bonchev–Trinajstić information content (AvgIpc) is 2.55. The number of amides is 1. The van der Waals surface area contributed by atoms with Gasteiger partial charge < -0.3 is 14.8 Å². The molecule has 0 aliphatic carbocycles. The molecule has 1 atom stereocenters. The lowest BCUT2D eigenvalue weighted by molar-refractivity contribution is -0.123. The Morgan fingerprint density at radius 2 is 1.70 bits per heavy atom. The minimum atomic E-state index is -0.174. The Kier molecular flexibility index (Phi) is 6.47. The van der Waals surface area contributed by atoms with E-state index in [1.54, 1.807) is 6.07 Å². The number of carbonyl (C=O) groups excluding carboxylic acids is 1. The van der Waals surface area contributed by atoms with Crippen molar-refractivity contribution in [2.24, 2.45) is 0 Å². The third kappa shape index (κ3) is 5.28. The van der Waals surface area contributed by atoms with Gasteiger partial charge >= 0.3 is 0 Å². The van der Waals surface area contributed by atoms with Gasteiger partial charge in [-0.25, -0.2) is 0 Å². The van der Waals surface area contributed by atoms with Crippen molar-refractivity contribution in [2.45, 2.75) is 19.9 Å². The first-order chi connectivity index (χ1) is 11.1. The zero-order valence-corrected chi connectivity index (χ0v) is 14.8.